The average molecular weight is 369 g/mol. The van der Waals surface area contributed by atoms with Crippen molar-refractivity contribution in [3.63, 3.8) is 0 Å². The number of ether oxygens (including phenoxy) is 2. The molecule has 0 fully saturated rings. The summed E-state index contributed by atoms with van der Waals surface area (Å²) in [5, 5.41) is 19.7. The third-order valence-electron chi connectivity index (χ3n) is 4.31. The van der Waals surface area contributed by atoms with E-state index >= 15 is 0 Å². The summed E-state index contributed by atoms with van der Waals surface area (Å²) in [5.74, 6) is 0.668. The number of carbonyl (C=O) groups is 1. The van der Waals surface area contributed by atoms with Crippen LogP contribution in [0.2, 0.25) is 0 Å². The molecule has 0 saturated carbocycles. The molecule has 0 aliphatic carbocycles. The molecule has 1 heterocycles. The largest absolute Gasteiger partial charge is 0.508 e. The lowest BCUT2D eigenvalue weighted by atomic mass is 9.99. The molecule has 0 amide bonds. The van der Waals surface area contributed by atoms with Crippen LogP contribution < -0.4 is 4.74 Å². The highest BCUT2D eigenvalue weighted by molar-refractivity contribution is 5.86. The first-order chi connectivity index (χ1) is 13.0. The summed E-state index contributed by atoms with van der Waals surface area (Å²) in [7, 11) is 1.80. The number of phenolic OH excluding ortho intramolecular Hbond substituents is 2. The average Bonchev–Trinajstić information content (AvgIpc) is 2.63. The van der Waals surface area contributed by atoms with Gasteiger partial charge < -0.3 is 19.7 Å². The van der Waals surface area contributed by atoms with E-state index in [9.17, 15) is 15.0 Å². The molecular formula is C21H23NO5. The molecule has 0 saturated heterocycles. The summed E-state index contributed by atoms with van der Waals surface area (Å²) in [6, 6.07) is 10.4. The monoisotopic (exact) mass is 369 g/mol. The highest BCUT2D eigenvalue weighted by atomic mass is 16.5. The zero-order valence-electron chi connectivity index (χ0n) is 15.4. The van der Waals surface area contributed by atoms with E-state index in [0.29, 0.717) is 31.1 Å². The fourth-order valence-electron chi connectivity index (χ4n) is 3.00. The van der Waals surface area contributed by atoms with Gasteiger partial charge in [-0.2, -0.15) is 0 Å². The first-order valence-electron chi connectivity index (χ1n) is 8.79. The SMILES string of the molecule is CCOC(=O)CN(C)Cc1cc2c(cc1O)OCC(c1ccc(O)cc1)=C2. The van der Waals surface area contributed by atoms with Gasteiger partial charge in [0, 0.05) is 23.7 Å². The summed E-state index contributed by atoms with van der Waals surface area (Å²) >= 11 is 0. The number of phenols is 2. The van der Waals surface area contributed by atoms with Gasteiger partial charge in [0.1, 0.15) is 23.9 Å². The topological polar surface area (TPSA) is 79.2 Å². The predicted molar refractivity (Wildman–Crippen MR) is 103 cm³/mol. The van der Waals surface area contributed by atoms with Gasteiger partial charge in [-0.3, -0.25) is 9.69 Å². The molecule has 0 unspecified atom stereocenters. The number of carbonyl (C=O) groups excluding carboxylic acids is 1. The maximum Gasteiger partial charge on any atom is 0.320 e. The molecular weight excluding hydrogens is 346 g/mol. The number of benzene rings is 2. The van der Waals surface area contributed by atoms with E-state index < -0.39 is 0 Å². The Morgan fingerprint density at radius 2 is 1.96 bits per heavy atom. The van der Waals surface area contributed by atoms with Gasteiger partial charge in [-0.05, 0) is 49.4 Å². The van der Waals surface area contributed by atoms with Crippen LogP contribution >= 0.6 is 0 Å². The second-order valence-electron chi connectivity index (χ2n) is 6.50. The van der Waals surface area contributed by atoms with Crippen molar-refractivity contribution in [2.24, 2.45) is 0 Å². The zero-order chi connectivity index (χ0) is 19.4. The molecule has 3 rings (SSSR count). The van der Waals surface area contributed by atoms with E-state index in [1.807, 2.05) is 24.3 Å². The molecule has 2 N–H and O–H groups in total. The highest BCUT2D eigenvalue weighted by Gasteiger charge is 2.17. The van der Waals surface area contributed by atoms with Crippen molar-refractivity contribution in [2.45, 2.75) is 13.5 Å². The van der Waals surface area contributed by atoms with E-state index in [4.69, 9.17) is 9.47 Å². The van der Waals surface area contributed by atoms with Crippen molar-refractivity contribution < 1.29 is 24.5 Å². The molecule has 0 spiro atoms. The molecule has 0 aromatic heterocycles. The van der Waals surface area contributed by atoms with Crippen LogP contribution in [0.25, 0.3) is 11.6 Å². The van der Waals surface area contributed by atoms with Gasteiger partial charge >= 0.3 is 5.97 Å². The Balaban J connectivity index is 1.81. The van der Waals surface area contributed by atoms with Crippen LogP contribution in [-0.4, -0.2) is 47.9 Å². The summed E-state index contributed by atoms with van der Waals surface area (Å²) in [6.07, 6.45) is 2.01. The minimum atomic E-state index is -0.296. The van der Waals surface area contributed by atoms with Crippen LogP contribution in [0, 0.1) is 0 Å². The second kappa shape index (κ2) is 8.14. The Morgan fingerprint density at radius 1 is 1.22 bits per heavy atom. The third-order valence-corrected chi connectivity index (χ3v) is 4.31. The van der Waals surface area contributed by atoms with Crippen molar-refractivity contribution in [1.82, 2.24) is 4.90 Å². The van der Waals surface area contributed by atoms with Crippen molar-refractivity contribution in [2.75, 3.05) is 26.8 Å². The van der Waals surface area contributed by atoms with Gasteiger partial charge in [-0.15, -0.1) is 0 Å². The first kappa shape index (κ1) is 18.8. The molecule has 6 heteroatoms. The molecule has 0 bridgehead atoms. The minimum Gasteiger partial charge on any atom is -0.508 e. The smallest absolute Gasteiger partial charge is 0.320 e. The first-order valence-corrected chi connectivity index (χ1v) is 8.79. The number of esters is 1. The second-order valence-corrected chi connectivity index (χ2v) is 6.50. The van der Waals surface area contributed by atoms with Gasteiger partial charge in [-0.25, -0.2) is 0 Å². The molecule has 2 aromatic carbocycles. The van der Waals surface area contributed by atoms with Crippen LogP contribution in [0.3, 0.4) is 0 Å². The predicted octanol–water partition coefficient (Wildman–Crippen LogP) is 3.03. The van der Waals surface area contributed by atoms with Crippen LogP contribution in [0.5, 0.6) is 17.2 Å². The lowest BCUT2D eigenvalue weighted by Crippen LogP contribution is -2.27. The lowest BCUT2D eigenvalue weighted by molar-refractivity contribution is -0.144. The maximum atomic E-state index is 11.6. The number of hydrogen-bond acceptors (Lipinski definition) is 6. The normalized spacial score (nSPS) is 12.9. The minimum absolute atomic E-state index is 0.131. The van der Waals surface area contributed by atoms with Crippen LogP contribution in [0.4, 0.5) is 0 Å². The molecule has 27 heavy (non-hydrogen) atoms. The fraction of sp³-hybridized carbons (Fsp3) is 0.286. The highest BCUT2D eigenvalue weighted by Crippen LogP contribution is 2.35. The Kier molecular flexibility index (Phi) is 5.66. The summed E-state index contributed by atoms with van der Waals surface area (Å²) < 4.78 is 10.7. The summed E-state index contributed by atoms with van der Waals surface area (Å²) in [5.41, 5.74) is 3.51. The van der Waals surface area contributed by atoms with E-state index in [1.165, 1.54) is 0 Å². The molecule has 2 aromatic rings. The van der Waals surface area contributed by atoms with Gasteiger partial charge in [-0.1, -0.05) is 12.1 Å². The van der Waals surface area contributed by atoms with Crippen LogP contribution in [0.1, 0.15) is 23.6 Å². The zero-order valence-corrected chi connectivity index (χ0v) is 15.4. The number of nitrogens with zero attached hydrogens (tertiary/aromatic N) is 1. The van der Waals surface area contributed by atoms with Gasteiger partial charge in [0.2, 0.25) is 0 Å². The Hall–Kier alpha value is -2.99. The molecule has 0 atom stereocenters. The van der Waals surface area contributed by atoms with Gasteiger partial charge in [0.25, 0.3) is 0 Å². The van der Waals surface area contributed by atoms with Crippen molar-refractivity contribution in [1.29, 1.82) is 0 Å². The van der Waals surface area contributed by atoms with Crippen LogP contribution in [-0.2, 0) is 16.1 Å². The van der Waals surface area contributed by atoms with Crippen molar-refractivity contribution in [3.8, 4) is 17.2 Å². The Morgan fingerprint density at radius 3 is 2.67 bits per heavy atom. The molecule has 1 aliphatic heterocycles. The van der Waals surface area contributed by atoms with Gasteiger partial charge in [0.15, 0.2) is 0 Å². The summed E-state index contributed by atoms with van der Waals surface area (Å²) in [4.78, 5) is 13.4. The molecule has 0 radical (unpaired) electrons. The third kappa shape index (κ3) is 4.60. The molecule has 1 aliphatic rings. The Bertz CT molecular complexity index is 858. The van der Waals surface area contributed by atoms with Gasteiger partial charge in [0.05, 0.1) is 13.2 Å². The van der Waals surface area contributed by atoms with E-state index in [1.54, 1.807) is 37.1 Å². The van der Waals surface area contributed by atoms with Crippen LogP contribution in [0.15, 0.2) is 36.4 Å². The fourth-order valence-corrected chi connectivity index (χ4v) is 3.00. The van der Waals surface area contributed by atoms with Crippen molar-refractivity contribution >= 4 is 17.6 Å². The maximum absolute atomic E-state index is 11.6. The quantitative estimate of drug-likeness (QED) is 0.762. The number of hydrogen-bond donors (Lipinski definition) is 2. The van der Waals surface area contributed by atoms with E-state index in [0.717, 1.165) is 16.7 Å². The Labute approximate surface area is 158 Å². The standard InChI is InChI=1S/C21H23NO5/c1-3-26-21(25)12-22(2)11-16-8-15-9-17(13-27-20(15)10-19(16)24)14-4-6-18(23)7-5-14/h4-10,23-24H,3,11-13H2,1-2H3. The number of rotatable bonds is 6. The molecule has 142 valence electrons. The number of fused-ring (bicyclic) bond motifs is 1. The lowest BCUT2D eigenvalue weighted by Gasteiger charge is -2.21. The summed E-state index contributed by atoms with van der Waals surface area (Å²) in [6.45, 7) is 3.05. The number of likely N-dealkylation sites (N-methyl/N-ethyl adjacent to an activating group) is 1. The van der Waals surface area contributed by atoms with E-state index in [-0.39, 0.29) is 24.0 Å². The van der Waals surface area contributed by atoms with Crippen molar-refractivity contribution in [3.05, 3.63) is 53.1 Å². The number of aromatic hydroxyl groups is 2. The molecule has 6 nitrogen and oxygen atoms in total. The van der Waals surface area contributed by atoms with E-state index in [2.05, 4.69) is 0 Å².